The molecule has 1 unspecified atom stereocenters. The molecular formula is C14H14ClNO2S. The number of carbonyl (C=O) groups excluding carboxylic acids is 1. The van der Waals surface area contributed by atoms with Crippen molar-refractivity contribution in [2.45, 2.75) is 31.6 Å². The van der Waals surface area contributed by atoms with Crippen LogP contribution in [0.4, 0.5) is 5.00 Å². The van der Waals surface area contributed by atoms with Crippen LogP contribution in [0.5, 0.6) is 0 Å². The topological polar surface area (TPSA) is 42.2 Å². The molecule has 0 spiro atoms. The van der Waals surface area contributed by atoms with Crippen molar-refractivity contribution in [3.8, 4) is 0 Å². The van der Waals surface area contributed by atoms with Crippen LogP contribution < -0.4 is 5.32 Å². The van der Waals surface area contributed by atoms with Crippen molar-refractivity contribution in [3.63, 3.8) is 0 Å². The van der Waals surface area contributed by atoms with E-state index in [0.717, 1.165) is 17.8 Å². The number of hydrogen-bond acceptors (Lipinski definition) is 3. The highest BCUT2D eigenvalue weighted by Crippen LogP contribution is 2.34. The molecule has 0 radical (unpaired) electrons. The Morgan fingerprint density at radius 1 is 1.47 bits per heavy atom. The smallest absolute Gasteiger partial charge is 0.291 e. The van der Waals surface area contributed by atoms with Crippen LogP contribution in [0.25, 0.3) is 0 Å². The van der Waals surface area contributed by atoms with Gasteiger partial charge in [-0.15, -0.1) is 22.9 Å². The Labute approximate surface area is 120 Å². The first-order valence-corrected chi connectivity index (χ1v) is 7.55. The Bertz CT molecular complexity index is 593. The molecule has 0 saturated carbocycles. The van der Waals surface area contributed by atoms with Crippen LogP contribution in [0.3, 0.4) is 0 Å². The second-order valence-corrected chi connectivity index (χ2v) is 6.48. The number of alkyl halides is 1. The summed E-state index contributed by atoms with van der Waals surface area (Å²) in [6.45, 7) is 1.81. The van der Waals surface area contributed by atoms with E-state index in [4.69, 9.17) is 16.0 Å². The highest BCUT2D eigenvalue weighted by atomic mass is 35.5. The molecule has 1 N–H and O–H groups in total. The molecule has 0 fully saturated rings. The molecule has 0 aromatic carbocycles. The number of rotatable bonds is 3. The summed E-state index contributed by atoms with van der Waals surface area (Å²) in [7, 11) is 0. The molecule has 19 heavy (non-hydrogen) atoms. The Kier molecular flexibility index (Phi) is 3.37. The number of furan rings is 1. The van der Waals surface area contributed by atoms with Crippen LogP contribution in [0.2, 0.25) is 0 Å². The average Bonchev–Trinajstić information content (AvgIpc) is 3.02. The fraction of sp³-hybridized carbons (Fsp3) is 0.357. The van der Waals surface area contributed by atoms with E-state index in [1.165, 1.54) is 16.9 Å². The molecule has 100 valence electrons. The zero-order valence-electron chi connectivity index (χ0n) is 10.5. The van der Waals surface area contributed by atoms with Gasteiger partial charge in [0.15, 0.2) is 5.76 Å². The van der Waals surface area contributed by atoms with Gasteiger partial charge in [0, 0.05) is 4.88 Å². The molecule has 1 aliphatic carbocycles. The fourth-order valence-electron chi connectivity index (χ4n) is 2.25. The maximum atomic E-state index is 12.0. The third-order valence-corrected chi connectivity index (χ3v) is 4.59. The van der Waals surface area contributed by atoms with E-state index in [9.17, 15) is 4.79 Å². The van der Waals surface area contributed by atoms with E-state index in [1.807, 2.05) is 6.92 Å². The highest BCUT2D eigenvalue weighted by Gasteiger charge is 2.18. The molecule has 2 heterocycles. The number of thiophene rings is 1. The predicted octanol–water partition coefficient (Wildman–Crippen LogP) is 4.38. The van der Waals surface area contributed by atoms with Gasteiger partial charge in [0.1, 0.15) is 5.76 Å². The molecule has 1 atom stereocenters. The lowest BCUT2D eigenvalue weighted by molar-refractivity contribution is 0.0995. The summed E-state index contributed by atoms with van der Waals surface area (Å²) in [5.41, 5.74) is 1.37. The summed E-state index contributed by atoms with van der Waals surface area (Å²) in [4.78, 5) is 13.4. The summed E-state index contributed by atoms with van der Waals surface area (Å²) in [6, 6.07) is 5.46. The standard InChI is InChI=1S/C14H14ClNO2S/c1-8(15)10-5-6-11(18-10)14(17)16-13-7-9-3-2-4-12(9)19-13/h5-8H,2-4H2,1H3,(H,16,17). The lowest BCUT2D eigenvalue weighted by atomic mass is 10.3. The Hall–Kier alpha value is -1.26. The van der Waals surface area contributed by atoms with Crippen molar-refractivity contribution in [1.82, 2.24) is 0 Å². The van der Waals surface area contributed by atoms with E-state index in [0.29, 0.717) is 11.5 Å². The Morgan fingerprint density at radius 2 is 2.32 bits per heavy atom. The molecule has 3 nitrogen and oxygen atoms in total. The van der Waals surface area contributed by atoms with Crippen LogP contribution in [0, 0.1) is 0 Å². The van der Waals surface area contributed by atoms with Gasteiger partial charge in [0.05, 0.1) is 10.4 Å². The number of fused-ring (bicyclic) bond motifs is 1. The third-order valence-electron chi connectivity index (χ3n) is 3.23. The van der Waals surface area contributed by atoms with Gasteiger partial charge in [0.2, 0.25) is 0 Å². The minimum absolute atomic E-state index is 0.219. The first-order valence-electron chi connectivity index (χ1n) is 6.30. The Morgan fingerprint density at radius 3 is 3.00 bits per heavy atom. The second-order valence-electron chi connectivity index (χ2n) is 4.68. The number of aryl methyl sites for hydroxylation is 2. The molecule has 0 bridgehead atoms. The molecule has 0 aliphatic heterocycles. The second kappa shape index (κ2) is 5.02. The van der Waals surface area contributed by atoms with Crippen LogP contribution in [-0.2, 0) is 12.8 Å². The van der Waals surface area contributed by atoms with E-state index in [1.54, 1.807) is 23.5 Å². The number of halogens is 1. The molecule has 1 amide bonds. The summed E-state index contributed by atoms with van der Waals surface area (Å²) < 4.78 is 5.42. The van der Waals surface area contributed by atoms with E-state index >= 15 is 0 Å². The number of amides is 1. The van der Waals surface area contributed by atoms with Crippen LogP contribution in [-0.4, -0.2) is 5.91 Å². The zero-order chi connectivity index (χ0) is 13.4. The monoisotopic (exact) mass is 295 g/mol. The maximum absolute atomic E-state index is 12.0. The average molecular weight is 296 g/mol. The predicted molar refractivity (Wildman–Crippen MR) is 77.3 cm³/mol. The van der Waals surface area contributed by atoms with Crippen molar-refractivity contribution in [3.05, 3.63) is 40.2 Å². The van der Waals surface area contributed by atoms with Crippen LogP contribution in [0.1, 0.15) is 45.5 Å². The number of nitrogens with one attached hydrogen (secondary N) is 1. The van der Waals surface area contributed by atoms with Crippen LogP contribution >= 0.6 is 22.9 Å². The molecular weight excluding hydrogens is 282 g/mol. The van der Waals surface area contributed by atoms with Gasteiger partial charge in [-0.05, 0) is 49.9 Å². The lowest BCUT2D eigenvalue weighted by Crippen LogP contribution is -2.09. The van der Waals surface area contributed by atoms with Gasteiger partial charge < -0.3 is 9.73 Å². The minimum atomic E-state index is -0.230. The van der Waals surface area contributed by atoms with Gasteiger partial charge in [-0.1, -0.05) is 0 Å². The summed E-state index contributed by atoms with van der Waals surface area (Å²) in [5.74, 6) is 0.694. The fourth-order valence-corrected chi connectivity index (χ4v) is 3.52. The van der Waals surface area contributed by atoms with Crippen molar-refractivity contribution < 1.29 is 9.21 Å². The van der Waals surface area contributed by atoms with Gasteiger partial charge >= 0.3 is 0 Å². The first-order chi connectivity index (χ1) is 9.13. The molecule has 1 aliphatic rings. The Balaban J connectivity index is 1.73. The van der Waals surface area contributed by atoms with Crippen molar-refractivity contribution in [2.75, 3.05) is 5.32 Å². The lowest BCUT2D eigenvalue weighted by Gasteiger charge is -2.00. The molecule has 3 rings (SSSR count). The summed E-state index contributed by atoms with van der Waals surface area (Å²) in [6.07, 6.45) is 3.48. The van der Waals surface area contributed by atoms with Gasteiger partial charge in [-0.25, -0.2) is 0 Å². The highest BCUT2D eigenvalue weighted by molar-refractivity contribution is 7.16. The SMILES string of the molecule is CC(Cl)c1ccc(C(=O)Nc2cc3c(s2)CCC3)o1. The van der Waals surface area contributed by atoms with Crippen LogP contribution in [0.15, 0.2) is 22.6 Å². The maximum Gasteiger partial charge on any atom is 0.291 e. The third kappa shape index (κ3) is 2.55. The quantitative estimate of drug-likeness (QED) is 0.854. The van der Waals surface area contributed by atoms with E-state index in [2.05, 4.69) is 11.4 Å². The molecule has 0 saturated heterocycles. The van der Waals surface area contributed by atoms with Crippen molar-refractivity contribution in [2.24, 2.45) is 0 Å². The number of anilines is 1. The normalized spacial score (nSPS) is 15.3. The number of carbonyl (C=O) groups is 1. The molecule has 2 aromatic heterocycles. The van der Waals surface area contributed by atoms with Gasteiger partial charge in [-0.2, -0.15) is 0 Å². The van der Waals surface area contributed by atoms with Gasteiger partial charge in [0.25, 0.3) is 5.91 Å². The van der Waals surface area contributed by atoms with Crippen molar-refractivity contribution >= 4 is 33.8 Å². The number of hydrogen-bond donors (Lipinski definition) is 1. The van der Waals surface area contributed by atoms with E-state index in [-0.39, 0.29) is 11.3 Å². The summed E-state index contributed by atoms with van der Waals surface area (Å²) in [5, 5.41) is 3.55. The molecule has 2 aromatic rings. The largest absolute Gasteiger partial charge is 0.454 e. The van der Waals surface area contributed by atoms with Crippen molar-refractivity contribution in [1.29, 1.82) is 0 Å². The zero-order valence-corrected chi connectivity index (χ0v) is 12.1. The molecule has 5 heteroatoms. The summed E-state index contributed by atoms with van der Waals surface area (Å²) >= 11 is 7.57. The van der Waals surface area contributed by atoms with E-state index < -0.39 is 0 Å². The first kappa shape index (κ1) is 12.8. The van der Waals surface area contributed by atoms with Gasteiger partial charge in [-0.3, -0.25) is 4.79 Å². The minimum Gasteiger partial charge on any atom is -0.454 e.